The zero-order valence-electron chi connectivity index (χ0n) is 11.8. The van der Waals surface area contributed by atoms with Crippen LogP contribution in [0.15, 0.2) is 47.8 Å². The summed E-state index contributed by atoms with van der Waals surface area (Å²) in [7, 11) is -4.58. The maximum absolute atomic E-state index is 12.5. The molecular formula is C14H14NO6PS. The minimum absolute atomic E-state index is 0.212. The Labute approximate surface area is 136 Å². The first kappa shape index (κ1) is 17.4. The molecule has 0 saturated carbocycles. The first-order valence-corrected chi connectivity index (χ1v) is 9.14. The molecule has 122 valence electrons. The molecule has 0 amide bonds. The molecule has 0 spiro atoms. The molecule has 3 N–H and O–H groups in total. The summed E-state index contributed by atoms with van der Waals surface area (Å²) in [6.45, 7) is 0. The fourth-order valence-electron chi connectivity index (χ4n) is 2.07. The lowest BCUT2D eigenvalue weighted by atomic mass is 10.1. The van der Waals surface area contributed by atoms with E-state index in [2.05, 4.69) is 0 Å². The van der Waals surface area contributed by atoms with E-state index in [-0.39, 0.29) is 10.6 Å². The maximum atomic E-state index is 12.5. The minimum Gasteiger partial charge on any atom is -0.479 e. The Morgan fingerprint density at radius 3 is 2.26 bits per heavy atom. The number of hydrogen-bond donors (Lipinski definition) is 3. The number of anilines is 1. The number of ketones is 1. The van der Waals surface area contributed by atoms with Gasteiger partial charge in [0.2, 0.25) is 5.78 Å². The SMILES string of the molecule is O=C(O)C(C(=O)c1cccs1)N(CP(=O)(O)O)c1ccccc1. The van der Waals surface area contributed by atoms with Gasteiger partial charge in [-0.05, 0) is 23.6 Å². The zero-order chi connectivity index (χ0) is 17.0. The highest BCUT2D eigenvalue weighted by Gasteiger charge is 2.37. The van der Waals surface area contributed by atoms with Crippen LogP contribution in [0.4, 0.5) is 5.69 Å². The van der Waals surface area contributed by atoms with Crippen LogP contribution < -0.4 is 4.90 Å². The third-order valence-corrected chi connectivity index (χ3v) is 4.54. The molecule has 1 heterocycles. The second-order valence-corrected chi connectivity index (χ2v) is 7.25. The van der Waals surface area contributed by atoms with Gasteiger partial charge in [0.05, 0.1) is 4.88 Å². The largest absolute Gasteiger partial charge is 0.479 e. The van der Waals surface area contributed by atoms with Crippen molar-refractivity contribution in [1.82, 2.24) is 0 Å². The maximum Gasteiger partial charge on any atom is 0.344 e. The van der Waals surface area contributed by atoms with Crippen molar-refractivity contribution in [2.24, 2.45) is 0 Å². The number of benzene rings is 1. The van der Waals surface area contributed by atoms with Crippen molar-refractivity contribution in [3.05, 3.63) is 52.7 Å². The van der Waals surface area contributed by atoms with E-state index < -0.39 is 31.7 Å². The Kier molecular flexibility index (Phi) is 5.33. The predicted molar refractivity (Wildman–Crippen MR) is 85.9 cm³/mol. The van der Waals surface area contributed by atoms with Crippen LogP contribution in [0.5, 0.6) is 0 Å². The monoisotopic (exact) mass is 355 g/mol. The molecule has 0 radical (unpaired) electrons. The van der Waals surface area contributed by atoms with Crippen molar-refractivity contribution < 1.29 is 29.0 Å². The van der Waals surface area contributed by atoms with Crippen LogP contribution in [0.25, 0.3) is 0 Å². The molecule has 7 nitrogen and oxygen atoms in total. The topological polar surface area (TPSA) is 115 Å². The van der Waals surface area contributed by atoms with E-state index >= 15 is 0 Å². The second kappa shape index (κ2) is 7.06. The summed E-state index contributed by atoms with van der Waals surface area (Å²) in [4.78, 5) is 43.8. The van der Waals surface area contributed by atoms with Crippen LogP contribution >= 0.6 is 18.9 Å². The lowest BCUT2D eigenvalue weighted by Gasteiger charge is -2.29. The van der Waals surface area contributed by atoms with Crippen LogP contribution in [0.2, 0.25) is 0 Å². The molecule has 1 aromatic carbocycles. The molecule has 1 atom stereocenters. The second-order valence-electron chi connectivity index (χ2n) is 4.69. The molecule has 9 heteroatoms. The Morgan fingerprint density at radius 2 is 1.78 bits per heavy atom. The number of nitrogens with zero attached hydrogens (tertiary/aromatic N) is 1. The highest BCUT2D eigenvalue weighted by Crippen LogP contribution is 2.38. The van der Waals surface area contributed by atoms with Gasteiger partial charge in [-0.15, -0.1) is 11.3 Å². The average molecular weight is 355 g/mol. The summed E-state index contributed by atoms with van der Waals surface area (Å²) >= 11 is 1.07. The fourth-order valence-corrected chi connectivity index (χ4v) is 3.48. The molecule has 23 heavy (non-hydrogen) atoms. The van der Waals surface area contributed by atoms with Gasteiger partial charge in [0.25, 0.3) is 0 Å². The van der Waals surface area contributed by atoms with E-state index in [0.29, 0.717) is 0 Å². The number of carbonyl (C=O) groups is 2. The average Bonchev–Trinajstić information content (AvgIpc) is 3.00. The van der Waals surface area contributed by atoms with Gasteiger partial charge < -0.3 is 19.8 Å². The van der Waals surface area contributed by atoms with Gasteiger partial charge in [-0.1, -0.05) is 24.3 Å². The minimum atomic E-state index is -4.58. The molecule has 1 unspecified atom stereocenters. The highest BCUT2D eigenvalue weighted by molar-refractivity contribution is 7.51. The number of rotatable bonds is 7. The lowest BCUT2D eigenvalue weighted by molar-refractivity contribution is -0.137. The van der Waals surface area contributed by atoms with Crippen molar-refractivity contribution >= 4 is 36.4 Å². The number of thiophene rings is 1. The Balaban J connectivity index is 2.47. The van der Waals surface area contributed by atoms with Gasteiger partial charge in [-0.3, -0.25) is 9.36 Å². The van der Waals surface area contributed by atoms with Crippen LogP contribution in [0.1, 0.15) is 9.67 Å². The third kappa shape index (κ3) is 4.49. The molecule has 0 aliphatic rings. The summed E-state index contributed by atoms with van der Waals surface area (Å²) in [6.07, 6.45) is -0.870. The van der Waals surface area contributed by atoms with Gasteiger partial charge in [0.15, 0.2) is 6.04 Å². The number of aliphatic carboxylic acids is 1. The third-order valence-electron chi connectivity index (χ3n) is 2.98. The summed E-state index contributed by atoms with van der Waals surface area (Å²) in [5.74, 6) is -2.19. The van der Waals surface area contributed by atoms with E-state index in [1.54, 1.807) is 29.6 Å². The summed E-state index contributed by atoms with van der Waals surface area (Å²) in [5.41, 5.74) is 0.244. The fraction of sp³-hybridized carbons (Fsp3) is 0.143. The Morgan fingerprint density at radius 1 is 1.13 bits per heavy atom. The zero-order valence-corrected chi connectivity index (χ0v) is 13.5. The van der Waals surface area contributed by atoms with E-state index in [0.717, 1.165) is 16.2 Å². The molecule has 1 aromatic heterocycles. The van der Waals surface area contributed by atoms with Gasteiger partial charge in [-0.25, -0.2) is 4.79 Å². The Bertz CT molecular complexity index is 727. The first-order valence-electron chi connectivity index (χ1n) is 6.46. The molecule has 0 bridgehead atoms. The van der Waals surface area contributed by atoms with Crippen LogP contribution in [-0.2, 0) is 9.36 Å². The number of carboxylic acid groups (broad SMARTS) is 1. The van der Waals surface area contributed by atoms with E-state index in [1.165, 1.54) is 18.2 Å². The molecule has 0 fully saturated rings. The smallest absolute Gasteiger partial charge is 0.344 e. The molecular weight excluding hydrogens is 341 g/mol. The molecule has 2 rings (SSSR count). The normalized spacial score (nSPS) is 12.6. The van der Waals surface area contributed by atoms with Crippen LogP contribution in [0, 0.1) is 0 Å². The number of carbonyl (C=O) groups excluding carboxylic acids is 1. The Hall–Kier alpha value is -1.99. The van der Waals surface area contributed by atoms with Crippen molar-refractivity contribution in [3.8, 4) is 0 Å². The van der Waals surface area contributed by atoms with Gasteiger partial charge in [0.1, 0.15) is 6.29 Å². The number of Topliss-reactive ketones (excluding diaryl/α,β-unsaturated/α-hetero) is 1. The van der Waals surface area contributed by atoms with Crippen LogP contribution in [0.3, 0.4) is 0 Å². The lowest BCUT2D eigenvalue weighted by Crippen LogP contribution is -2.47. The van der Waals surface area contributed by atoms with E-state index in [9.17, 15) is 29.0 Å². The first-order chi connectivity index (χ1) is 10.8. The van der Waals surface area contributed by atoms with Crippen molar-refractivity contribution in [2.75, 3.05) is 11.2 Å². The van der Waals surface area contributed by atoms with Gasteiger partial charge in [0, 0.05) is 5.69 Å². The van der Waals surface area contributed by atoms with E-state index in [1.807, 2.05) is 0 Å². The van der Waals surface area contributed by atoms with Gasteiger partial charge >= 0.3 is 13.6 Å². The van der Waals surface area contributed by atoms with Gasteiger partial charge in [-0.2, -0.15) is 0 Å². The van der Waals surface area contributed by atoms with E-state index in [4.69, 9.17) is 0 Å². The summed E-state index contributed by atoms with van der Waals surface area (Å²) < 4.78 is 11.4. The molecule has 0 saturated heterocycles. The van der Waals surface area contributed by atoms with Crippen LogP contribution in [-0.4, -0.2) is 39.0 Å². The molecule has 2 aromatic rings. The molecule has 0 aliphatic carbocycles. The quantitative estimate of drug-likeness (QED) is 0.395. The summed E-state index contributed by atoms with van der Waals surface area (Å²) in [5, 5.41) is 11.1. The predicted octanol–water partition coefficient (Wildman–Crippen LogP) is 2.03. The van der Waals surface area contributed by atoms with Crippen molar-refractivity contribution in [3.63, 3.8) is 0 Å². The number of para-hydroxylation sites is 1. The standard InChI is InChI=1S/C14H14NO6PS/c16-13(11-7-4-8-23-11)12(14(17)18)15(9-22(19,20)21)10-5-2-1-3-6-10/h1-8,12H,9H2,(H,17,18)(H2,19,20,21). The number of carboxylic acids is 1. The highest BCUT2D eigenvalue weighted by atomic mass is 32.1. The number of hydrogen-bond acceptors (Lipinski definition) is 5. The van der Waals surface area contributed by atoms with Crippen molar-refractivity contribution in [2.45, 2.75) is 6.04 Å². The summed E-state index contributed by atoms with van der Waals surface area (Å²) in [6, 6.07) is 9.21. The molecule has 0 aliphatic heterocycles. The van der Waals surface area contributed by atoms with Crippen molar-refractivity contribution in [1.29, 1.82) is 0 Å².